The first-order valence-corrected chi connectivity index (χ1v) is 4.94. The van der Waals surface area contributed by atoms with Crippen LogP contribution in [0.15, 0.2) is 18.2 Å². The van der Waals surface area contributed by atoms with Gasteiger partial charge in [0.25, 0.3) is 0 Å². The highest BCUT2D eigenvalue weighted by Crippen LogP contribution is 2.25. The molecule has 0 bridgehead atoms. The molecule has 0 spiro atoms. The van der Waals surface area contributed by atoms with Crippen LogP contribution in [0.5, 0.6) is 5.75 Å². The summed E-state index contributed by atoms with van der Waals surface area (Å²) in [6.07, 6.45) is 0. The van der Waals surface area contributed by atoms with E-state index >= 15 is 0 Å². The molecule has 0 radical (unpaired) electrons. The highest BCUT2D eigenvalue weighted by molar-refractivity contribution is 5.37. The van der Waals surface area contributed by atoms with Crippen molar-refractivity contribution >= 4 is 0 Å². The number of aryl methyl sites for hydroxylation is 1. The molecule has 0 amide bonds. The van der Waals surface area contributed by atoms with Crippen molar-refractivity contribution in [1.82, 2.24) is 0 Å². The van der Waals surface area contributed by atoms with Gasteiger partial charge in [0.05, 0.1) is 5.60 Å². The summed E-state index contributed by atoms with van der Waals surface area (Å²) >= 11 is 0. The number of hydrogen-bond acceptors (Lipinski definition) is 2. The standard InChI is InChI=1S/C10H14O2.C2H6/c1-7-4-5-8(6-9(7)11)10(2,3)12;1-2/h4-6,11-12H,1-3H3;1-2H3. The summed E-state index contributed by atoms with van der Waals surface area (Å²) in [5.41, 5.74) is 0.666. The average molecular weight is 196 g/mol. The molecule has 0 saturated heterocycles. The van der Waals surface area contributed by atoms with E-state index in [1.807, 2.05) is 26.8 Å². The second-order valence-corrected chi connectivity index (χ2v) is 3.56. The highest BCUT2D eigenvalue weighted by Gasteiger charge is 2.16. The van der Waals surface area contributed by atoms with E-state index in [1.165, 1.54) is 0 Å². The lowest BCUT2D eigenvalue weighted by atomic mass is 9.97. The molecule has 0 saturated carbocycles. The average Bonchev–Trinajstić information content (AvgIpc) is 2.11. The molecule has 0 atom stereocenters. The smallest absolute Gasteiger partial charge is 0.118 e. The molecule has 0 aromatic heterocycles. The lowest BCUT2D eigenvalue weighted by Crippen LogP contribution is -2.15. The Bertz CT molecular complexity index is 285. The van der Waals surface area contributed by atoms with E-state index in [1.54, 1.807) is 26.0 Å². The summed E-state index contributed by atoms with van der Waals surface area (Å²) in [5, 5.41) is 18.9. The van der Waals surface area contributed by atoms with E-state index in [-0.39, 0.29) is 5.75 Å². The molecule has 1 rings (SSSR count). The minimum atomic E-state index is -0.884. The van der Waals surface area contributed by atoms with Gasteiger partial charge >= 0.3 is 0 Å². The van der Waals surface area contributed by atoms with Gasteiger partial charge in [-0.05, 0) is 38.0 Å². The minimum Gasteiger partial charge on any atom is -0.508 e. The third-order valence-corrected chi connectivity index (χ3v) is 1.92. The molecular weight excluding hydrogens is 176 g/mol. The Hall–Kier alpha value is -1.02. The maximum atomic E-state index is 9.59. The first-order valence-electron chi connectivity index (χ1n) is 4.94. The highest BCUT2D eigenvalue weighted by atomic mass is 16.3. The Morgan fingerprint density at radius 3 is 2.00 bits per heavy atom. The van der Waals surface area contributed by atoms with E-state index in [4.69, 9.17) is 0 Å². The van der Waals surface area contributed by atoms with Crippen LogP contribution >= 0.6 is 0 Å². The lowest BCUT2D eigenvalue weighted by Gasteiger charge is -2.18. The molecule has 14 heavy (non-hydrogen) atoms. The van der Waals surface area contributed by atoms with Gasteiger partial charge in [-0.3, -0.25) is 0 Å². The summed E-state index contributed by atoms with van der Waals surface area (Å²) in [6.45, 7) is 9.21. The molecule has 0 unspecified atom stereocenters. The van der Waals surface area contributed by atoms with Crippen molar-refractivity contribution in [3.63, 3.8) is 0 Å². The van der Waals surface area contributed by atoms with Gasteiger partial charge in [-0.1, -0.05) is 26.0 Å². The predicted molar refractivity (Wildman–Crippen MR) is 59.4 cm³/mol. The third kappa shape index (κ3) is 3.38. The molecule has 2 N–H and O–H groups in total. The van der Waals surface area contributed by atoms with Crippen LogP contribution in [0.2, 0.25) is 0 Å². The molecule has 2 nitrogen and oxygen atoms in total. The van der Waals surface area contributed by atoms with Gasteiger partial charge in [0.2, 0.25) is 0 Å². The molecule has 0 fully saturated rings. The Kier molecular flexibility index (Phi) is 4.64. The summed E-state index contributed by atoms with van der Waals surface area (Å²) in [5.74, 6) is 0.231. The van der Waals surface area contributed by atoms with Gasteiger partial charge in [0.1, 0.15) is 5.75 Å². The number of rotatable bonds is 1. The van der Waals surface area contributed by atoms with Crippen LogP contribution in [-0.4, -0.2) is 10.2 Å². The first kappa shape index (κ1) is 13.0. The molecular formula is C12H20O2. The molecule has 0 aliphatic heterocycles. The van der Waals surface area contributed by atoms with Gasteiger partial charge in [-0.15, -0.1) is 0 Å². The number of aliphatic hydroxyl groups is 1. The second-order valence-electron chi connectivity index (χ2n) is 3.56. The zero-order valence-electron chi connectivity index (χ0n) is 9.63. The van der Waals surface area contributed by atoms with Gasteiger partial charge in [-0.2, -0.15) is 0 Å². The number of phenols is 1. The van der Waals surface area contributed by atoms with Crippen molar-refractivity contribution in [2.24, 2.45) is 0 Å². The number of hydrogen-bond donors (Lipinski definition) is 2. The summed E-state index contributed by atoms with van der Waals surface area (Å²) in [7, 11) is 0. The number of aromatic hydroxyl groups is 1. The summed E-state index contributed by atoms with van der Waals surface area (Å²) in [6, 6.07) is 5.20. The van der Waals surface area contributed by atoms with Crippen molar-refractivity contribution in [2.75, 3.05) is 0 Å². The van der Waals surface area contributed by atoms with E-state index < -0.39 is 5.60 Å². The molecule has 0 aliphatic carbocycles. The van der Waals surface area contributed by atoms with E-state index in [0.717, 1.165) is 11.1 Å². The van der Waals surface area contributed by atoms with Crippen LogP contribution in [0.25, 0.3) is 0 Å². The van der Waals surface area contributed by atoms with Crippen LogP contribution in [-0.2, 0) is 5.60 Å². The Labute approximate surface area is 86.2 Å². The van der Waals surface area contributed by atoms with Crippen molar-refractivity contribution in [1.29, 1.82) is 0 Å². The van der Waals surface area contributed by atoms with Crippen molar-refractivity contribution in [2.45, 2.75) is 40.2 Å². The maximum absolute atomic E-state index is 9.59. The predicted octanol–water partition coefficient (Wildman–Crippen LogP) is 2.95. The fraction of sp³-hybridized carbons (Fsp3) is 0.500. The fourth-order valence-electron chi connectivity index (χ4n) is 0.990. The number of phenolic OH excluding ortho intramolecular Hbond substituents is 1. The zero-order valence-corrected chi connectivity index (χ0v) is 9.63. The van der Waals surface area contributed by atoms with Gasteiger partial charge in [-0.25, -0.2) is 0 Å². The summed E-state index contributed by atoms with van der Waals surface area (Å²) < 4.78 is 0. The first-order chi connectivity index (χ1) is 6.41. The lowest BCUT2D eigenvalue weighted by molar-refractivity contribution is 0.0783. The largest absolute Gasteiger partial charge is 0.508 e. The minimum absolute atomic E-state index is 0.231. The van der Waals surface area contributed by atoms with Crippen LogP contribution in [0, 0.1) is 6.92 Å². The summed E-state index contributed by atoms with van der Waals surface area (Å²) in [4.78, 5) is 0. The molecule has 0 aliphatic rings. The maximum Gasteiger partial charge on any atom is 0.118 e. The fourth-order valence-corrected chi connectivity index (χ4v) is 0.990. The molecule has 0 heterocycles. The van der Waals surface area contributed by atoms with E-state index in [0.29, 0.717) is 0 Å². The van der Waals surface area contributed by atoms with E-state index in [9.17, 15) is 10.2 Å². The third-order valence-electron chi connectivity index (χ3n) is 1.92. The van der Waals surface area contributed by atoms with Crippen molar-refractivity contribution in [3.05, 3.63) is 29.3 Å². The Morgan fingerprint density at radius 1 is 1.14 bits per heavy atom. The Morgan fingerprint density at radius 2 is 1.64 bits per heavy atom. The van der Waals surface area contributed by atoms with Crippen molar-refractivity contribution < 1.29 is 10.2 Å². The normalized spacial score (nSPS) is 10.4. The monoisotopic (exact) mass is 196 g/mol. The SMILES string of the molecule is CC.Cc1ccc(C(C)(C)O)cc1O. The van der Waals surface area contributed by atoms with Gasteiger partial charge in [0, 0.05) is 0 Å². The topological polar surface area (TPSA) is 40.5 Å². The van der Waals surface area contributed by atoms with Crippen LogP contribution < -0.4 is 0 Å². The van der Waals surface area contributed by atoms with E-state index in [2.05, 4.69) is 0 Å². The van der Waals surface area contributed by atoms with Crippen molar-refractivity contribution in [3.8, 4) is 5.75 Å². The van der Waals surface area contributed by atoms with Crippen LogP contribution in [0.1, 0.15) is 38.8 Å². The zero-order chi connectivity index (χ0) is 11.4. The molecule has 2 heteroatoms. The quantitative estimate of drug-likeness (QED) is 0.725. The Balaban J connectivity index is 0.000000791. The van der Waals surface area contributed by atoms with Crippen LogP contribution in [0.4, 0.5) is 0 Å². The molecule has 80 valence electrons. The number of benzene rings is 1. The molecule has 1 aromatic carbocycles. The van der Waals surface area contributed by atoms with Crippen LogP contribution in [0.3, 0.4) is 0 Å². The van der Waals surface area contributed by atoms with Gasteiger partial charge < -0.3 is 10.2 Å². The second kappa shape index (κ2) is 5.01. The van der Waals surface area contributed by atoms with Gasteiger partial charge in [0.15, 0.2) is 0 Å². The molecule has 1 aromatic rings.